The first-order valence-electron chi connectivity index (χ1n) is 23.3. The van der Waals surface area contributed by atoms with Gasteiger partial charge in [0.2, 0.25) is 0 Å². The van der Waals surface area contributed by atoms with Crippen molar-refractivity contribution in [3.8, 4) is 44.9 Å². The monoisotopic (exact) mass is 1090 g/mol. The molecule has 1 atom stereocenters. The summed E-state index contributed by atoms with van der Waals surface area (Å²) in [6, 6.07) is 60.8. The molecule has 0 aliphatic rings. The standard InChI is InChI=1S/C31H22FNO.C17H23NSi.C13H13N.Ir/c1-20(21-6-3-2-4-7-21)23-16-17-33-29(18-23)28-9-5-8-27-26-15-12-24(19-30(26)34-31(27)28)22-10-13-25(32)14-11-22;1-13(2)15-11-16(14-9-7-6-8-10-14)18-12-17(15)19(3,4)5;1-2-11-8-9-14-13(10-11)12-6-4-3-5-7-12;/h2-20H,1H3;6-13H,1-5H3;3-10H,2H2,1H3;. The largest absolute Gasteiger partial charge is 0.455 e. The van der Waals surface area contributed by atoms with E-state index in [0.717, 1.165) is 62.1 Å². The molecular weight excluding hydrogens is 1030 g/mol. The Morgan fingerprint density at radius 1 is 0.529 bits per heavy atom. The summed E-state index contributed by atoms with van der Waals surface area (Å²) >= 11 is 0. The van der Waals surface area contributed by atoms with Crippen LogP contribution in [-0.2, 0) is 26.5 Å². The van der Waals surface area contributed by atoms with Crippen LogP contribution in [0.3, 0.4) is 0 Å². The van der Waals surface area contributed by atoms with Crippen LogP contribution in [0.5, 0.6) is 0 Å². The molecule has 0 aliphatic carbocycles. The summed E-state index contributed by atoms with van der Waals surface area (Å²) in [5.41, 5.74) is 15.3. The number of aromatic nitrogens is 3. The molecule has 1 radical (unpaired) electrons. The maximum Gasteiger partial charge on any atom is 0.144 e. The van der Waals surface area contributed by atoms with Crippen LogP contribution < -0.4 is 5.19 Å². The van der Waals surface area contributed by atoms with Crippen molar-refractivity contribution in [2.75, 3.05) is 0 Å². The zero-order chi connectivity index (χ0) is 46.9. The first-order chi connectivity index (χ1) is 32.5. The molecule has 4 aromatic heterocycles. The Morgan fingerprint density at radius 3 is 1.76 bits per heavy atom. The Hall–Kier alpha value is -6.63. The second kappa shape index (κ2) is 22.4. The van der Waals surface area contributed by atoms with Gasteiger partial charge in [0, 0.05) is 72.1 Å². The van der Waals surface area contributed by atoms with Crippen molar-refractivity contribution in [1.82, 2.24) is 15.0 Å². The minimum Gasteiger partial charge on any atom is -0.455 e. The van der Waals surface area contributed by atoms with Gasteiger partial charge in [0.25, 0.3) is 0 Å². The molecular formula is C61H58FIrN3OSi. The summed E-state index contributed by atoms with van der Waals surface area (Å²) in [5, 5.41) is 3.60. The fourth-order valence-corrected chi connectivity index (χ4v) is 10.1. The molecule has 7 heteroatoms. The fraction of sp³-hybridized carbons (Fsp3) is 0.164. The first-order valence-corrected chi connectivity index (χ1v) is 26.8. The van der Waals surface area contributed by atoms with Crippen molar-refractivity contribution >= 4 is 35.2 Å². The van der Waals surface area contributed by atoms with Crippen molar-refractivity contribution in [2.24, 2.45) is 0 Å². The van der Waals surface area contributed by atoms with Gasteiger partial charge in [-0.2, -0.15) is 0 Å². The van der Waals surface area contributed by atoms with Crippen molar-refractivity contribution in [3.63, 3.8) is 0 Å². The first kappa shape index (κ1) is 49.3. The van der Waals surface area contributed by atoms with E-state index < -0.39 is 8.07 Å². The molecule has 10 aromatic rings. The van der Waals surface area contributed by atoms with Gasteiger partial charge in [-0.3, -0.25) is 15.0 Å². The topological polar surface area (TPSA) is 51.8 Å². The SMILES string of the molecule is CC(C)c1cc(-c2ccccc2)ncc1[Si](C)(C)C.CC(c1ccccc1)c1ccnc(-c2cccc3c2oc2cc(-c4ccc(F)cc4)ccc23)c1.CCc1ccnc(-c2ccccc2)c1.[Ir]. The molecule has 0 saturated carbocycles. The quantitative estimate of drug-likeness (QED) is 0.135. The predicted molar refractivity (Wildman–Crippen MR) is 282 cm³/mol. The van der Waals surface area contributed by atoms with Crippen molar-refractivity contribution in [2.45, 2.75) is 65.6 Å². The third-order valence-corrected chi connectivity index (χ3v) is 14.3. The fourth-order valence-electron chi connectivity index (χ4n) is 8.42. The van der Waals surface area contributed by atoms with Crippen LogP contribution in [0, 0.1) is 5.82 Å². The molecule has 0 N–H and O–H groups in total. The van der Waals surface area contributed by atoms with E-state index in [-0.39, 0.29) is 31.8 Å². The smallest absolute Gasteiger partial charge is 0.144 e. The summed E-state index contributed by atoms with van der Waals surface area (Å²) < 4.78 is 19.7. The Bertz CT molecular complexity index is 3200. The van der Waals surface area contributed by atoms with Gasteiger partial charge in [-0.05, 0) is 112 Å². The van der Waals surface area contributed by atoms with Gasteiger partial charge < -0.3 is 4.42 Å². The Kier molecular flexibility index (Phi) is 16.3. The van der Waals surface area contributed by atoms with Crippen LogP contribution in [0.4, 0.5) is 4.39 Å². The zero-order valence-electron chi connectivity index (χ0n) is 39.9. The minimum absolute atomic E-state index is 0. The summed E-state index contributed by atoms with van der Waals surface area (Å²) in [6.45, 7) is 16.1. The molecule has 0 fully saturated rings. The number of halogens is 1. The van der Waals surface area contributed by atoms with Crippen molar-refractivity contribution in [3.05, 3.63) is 229 Å². The van der Waals surface area contributed by atoms with Crippen molar-refractivity contribution in [1.29, 1.82) is 0 Å². The summed E-state index contributed by atoms with van der Waals surface area (Å²) in [5.74, 6) is 0.567. The van der Waals surface area contributed by atoms with E-state index in [1.807, 2.05) is 48.8 Å². The number of aryl methyl sites for hydroxylation is 1. The van der Waals surface area contributed by atoms with E-state index in [0.29, 0.717) is 5.92 Å². The third kappa shape index (κ3) is 11.7. The molecule has 1 unspecified atom stereocenters. The average molecular weight is 1090 g/mol. The van der Waals surface area contributed by atoms with Crippen LogP contribution in [0.25, 0.3) is 66.8 Å². The summed E-state index contributed by atoms with van der Waals surface area (Å²) in [7, 11) is -1.33. The Balaban J connectivity index is 0.000000170. The van der Waals surface area contributed by atoms with Gasteiger partial charge in [-0.1, -0.05) is 169 Å². The van der Waals surface area contributed by atoms with Gasteiger partial charge in [-0.25, -0.2) is 4.39 Å². The minimum atomic E-state index is -1.33. The van der Waals surface area contributed by atoms with E-state index in [9.17, 15) is 4.39 Å². The molecule has 10 rings (SSSR count). The molecule has 4 heterocycles. The van der Waals surface area contributed by atoms with Crippen LogP contribution in [0.1, 0.15) is 61.8 Å². The molecule has 68 heavy (non-hydrogen) atoms. The van der Waals surface area contributed by atoms with Gasteiger partial charge in [0.05, 0.1) is 25.2 Å². The normalized spacial score (nSPS) is 11.5. The Labute approximate surface area is 415 Å². The van der Waals surface area contributed by atoms with Crippen LogP contribution in [0.15, 0.2) is 205 Å². The van der Waals surface area contributed by atoms with Crippen LogP contribution in [-0.4, -0.2) is 23.0 Å². The molecule has 0 bridgehead atoms. The number of hydrogen-bond donors (Lipinski definition) is 0. The van der Waals surface area contributed by atoms with E-state index in [1.54, 1.807) is 12.1 Å². The molecule has 0 spiro atoms. The maximum absolute atomic E-state index is 13.4. The number of nitrogens with zero attached hydrogens (tertiary/aromatic N) is 3. The molecule has 6 aromatic carbocycles. The number of para-hydroxylation sites is 1. The number of pyridine rings is 3. The number of fused-ring (bicyclic) bond motifs is 3. The molecule has 0 amide bonds. The second-order valence-corrected chi connectivity index (χ2v) is 23.3. The van der Waals surface area contributed by atoms with Gasteiger partial charge >= 0.3 is 0 Å². The molecule has 0 aliphatic heterocycles. The van der Waals surface area contributed by atoms with Gasteiger partial charge in [-0.15, -0.1) is 0 Å². The number of furan rings is 1. The molecule has 343 valence electrons. The number of rotatable bonds is 9. The molecule has 0 saturated heterocycles. The summed E-state index contributed by atoms with van der Waals surface area (Å²) in [6.07, 6.45) is 6.92. The maximum atomic E-state index is 13.4. The van der Waals surface area contributed by atoms with E-state index in [2.05, 4.69) is 185 Å². The number of benzene rings is 6. The van der Waals surface area contributed by atoms with Crippen molar-refractivity contribution < 1.29 is 28.9 Å². The van der Waals surface area contributed by atoms with E-state index in [4.69, 9.17) is 9.40 Å². The van der Waals surface area contributed by atoms with Gasteiger partial charge in [0.1, 0.15) is 17.0 Å². The zero-order valence-corrected chi connectivity index (χ0v) is 43.3. The second-order valence-electron chi connectivity index (χ2n) is 18.3. The number of hydrogen-bond acceptors (Lipinski definition) is 4. The van der Waals surface area contributed by atoms with E-state index in [1.165, 1.54) is 50.7 Å². The molecule has 4 nitrogen and oxygen atoms in total. The predicted octanol–water partition coefficient (Wildman–Crippen LogP) is 16.3. The summed E-state index contributed by atoms with van der Waals surface area (Å²) in [4.78, 5) is 13.7. The van der Waals surface area contributed by atoms with Crippen LogP contribution >= 0.6 is 0 Å². The van der Waals surface area contributed by atoms with E-state index >= 15 is 0 Å². The van der Waals surface area contributed by atoms with Crippen LogP contribution in [0.2, 0.25) is 19.6 Å². The third-order valence-electron chi connectivity index (χ3n) is 12.3. The average Bonchev–Trinajstić information content (AvgIpc) is 3.75. The Morgan fingerprint density at radius 2 is 1.13 bits per heavy atom. The van der Waals surface area contributed by atoms with Gasteiger partial charge in [0.15, 0.2) is 0 Å².